The molecular weight excluding hydrogens is 257 g/mol. The smallest absolute Gasteiger partial charge is 0.418 e. The van der Waals surface area contributed by atoms with Crippen LogP contribution in [-0.2, 0) is 12.7 Å². The quantitative estimate of drug-likeness (QED) is 0.919. The van der Waals surface area contributed by atoms with Crippen LogP contribution in [0.1, 0.15) is 16.7 Å². The van der Waals surface area contributed by atoms with E-state index in [0.717, 1.165) is 11.6 Å². The Morgan fingerprint density at radius 3 is 2.63 bits per heavy atom. The Labute approximate surface area is 107 Å². The van der Waals surface area contributed by atoms with Gasteiger partial charge in [0.05, 0.1) is 29.7 Å². The highest BCUT2D eigenvalue weighted by Crippen LogP contribution is 2.35. The third-order valence-corrected chi connectivity index (χ3v) is 2.52. The minimum Gasteiger partial charge on any atom is -0.472 e. The van der Waals surface area contributed by atoms with E-state index in [1.807, 2.05) is 0 Å². The van der Waals surface area contributed by atoms with Crippen molar-refractivity contribution < 1.29 is 17.6 Å². The first-order valence-electron chi connectivity index (χ1n) is 5.37. The summed E-state index contributed by atoms with van der Waals surface area (Å²) >= 11 is 0. The summed E-state index contributed by atoms with van der Waals surface area (Å²) in [4.78, 5) is 0. The van der Waals surface area contributed by atoms with Gasteiger partial charge in [0, 0.05) is 17.8 Å². The molecule has 0 aliphatic rings. The lowest BCUT2D eigenvalue weighted by Crippen LogP contribution is -2.11. The van der Waals surface area contributed by atoms with Crippen LogP contribution in [0.2, 0.25) is 0 Å². The van der Waals surface area contributed by atoms with Crippen molar-refractivity contribution in [3.8, 4) is 6.07 Å². The molecule has 0 saturated heterocycles. The molecule has 0 radical (unpaired) electrons. The highest BCUT2D eigenvalue weighted by molar-refractivity contribution is 5.56. The minimum atomic E-state index is -4.51. The van der Waals surface area contributed by atoms with Gasteiger partial charge in [0.1, 0.15) is 0 Å². The molecule has 2 aromatic rings. The highest BCUT2D eigenvalue weighted by Gasteiger charge is 2.33. The topological polar surface area (TPSA) is 49.0 Å². The van der Waals surface area contributed by atoms with Crippen LogP contribution in [-0.4, -0.2) is 0 Å². The van der Waals surface area contributed by atoms with E-state index in [4.69, 9.17) is 9.68 Å². The summed E-state index contributed by atoms with van der Waals surface area (Å²) in [6.45, 7) is 0.214. The maximum Gasteiger partial charge on any atom is 0.418 e. The average Bonchev–Trinajstić information content (AvgIpc) is 2.88. The molecule has 0 aliphatic heterocycles. The molecule has 2 rings (SSSR count). The Kier molecular flexibility index (Phi) is 3.47. The summed E-state index contributed by atoms with van der Waals surface area (Å²) in [5.74, 6) is 0. The second-order valence-corrected chi connectivity index (χ2v) is 3.86. The first kappa shape index (κ1) is 13.0. The van der Waals surface area contributed by atoms with Crippen molar-refractivity contribution in [2.75, 3.05) is 5.32 Å². The third kappa shape index (κ3) is 3.07. The normalized spacial score (nSPS) is 11.1. The maximum atomic E-state index is 12.9. The molecule has 0 aliphatic carbocycles. The molecule has 0 bridgehead atoms. The predicted molar refractivity (Wildman–Crippen MR) is 62.2 cm³/mol. The number of alkyl halides is 3. The van der Waals surface area contributed by atoms with E-state index in [-0.39, 0.29) is 17.8 Å². The molecule has 0 atom stereocenters. The van der Waals surface area contributed by atoms with Crippen LogP contribution >= 0.6 is 0 Å². The van der Waals surface area contributed by atoms with Crippen LogP contribution in [0.4, 0.5) is 18.9 Å². The van der Waals surface area contributed by atoms with Gasteiger partial charge in [-0.2, -0.15) is 18.4 Å². The maximum absolute atomic E-state index is 12.9. The van der Waals surface area contributed by atoms with Crippen LogP contribution in [0, 0.1) is 11.3 Å². The van der Waals surface area contributed by atoms with Crippen molar-refractivity contribution in [2.45, 2.75) is 12.7 Å². The number of nitriles is 1. The number of anilines is 1. The molecule has 0 saturated carbocycles. The molecule has 19 heavy (non-hydrogen) atoms. The fourth-order valence-corrected chi connectivity index (χ4v) is 1.59. The number of hydrogen-bond donors (Lipinski definition) is 1. The van der Waals surface area contributed by atoms with E-state index >= 15 is 0 Å². The number of halogens is 3. The second kappa shape index (κ2) is 5.06. The molecule has 0 amide bonds. The van der Waals surface area contributed by atoms with Gasteiger partial charge in [-0.3, -0.25) is 0 Å². The molecule has 0 unspecified atom stereocenters. The van der Waals surface area contributed by atoms with Crippen LogP contribution < -0.4 is 5.32 Å². The largest absolute Gasteiger partial charge is 0.472 e. The number of nitrogens with one attached hydrogen (secondary N) is 1. The third-order valence-electron chi connectivity index (χ3n) is 2.52. The summed E-state index contributed by atoms with van der Waals surface area (Å²) < 4.78 is 43.4. The summed E-state index contributed by atoms with van der Waals surface area (Å²) in [6, 6.07) is 6.77. The lowest BCUT2D eigenvalue weighted by molar-refractivity contribution is -0.137. The van der Waals surface area contributed by atoms with Gasteiger partial charge in [-0.05, 0) is 24.3 Å². The molecule has 0 spiro atoms. The predicted octanol–water partition coefficient (Wildman–Crippen LogP) is 3.78. The number of hydrogen-bond acceptors (Lipinski definition) is 3. The second-order valence-electron chi connectivity index (χ2n) is 3.86. The Balaban J connectivity index is 2.27. The summed E-state index contributed by atoms with van der Waals surface area (Å²) in [7, 11) is 0. The monoisotopic (exact) mass is 266 g/mol. The average molecular weight is 266 g/mol. The number of nitrogens with zero attached hydrogens (tertiary/aromatic N) is 1. The fraction of sp³-hybridized carbons (Fsp3) is 0.154. The molecule has 6 heteroatoms. The fourth-order valence-electron chi connectivity index (χ4n) is 1.59. The number of rotatable bonds is 3. The van der Waals surface area contributed by atoms with E-state index in [1.165, 1.54) is 24.7 Å². The number of benzene rings is 1. The summed E-state index contributed by atoms with van der Waals surface area (Å²) in [6.07, 6.45) is -1.62. The Bertz CT molecular complexity index is 597. The lowest BCUT2D eigenvalue weighted by Gasteiger charge is -2.14. The molecule has 1 aromatic carbocycles. The van der Waals surface area contributed by atoms with Gasteiger partial charge in [-0.1, -0.05) is 0 Å². The van der Waals surface area contributed by atoms with Gasteiger partial charge in [0.25, 0.3) is 0 Å². The van der Waals surface area contributed by atoms with Gasteiger partial charge >= 0.3 is 6.18 Å². The Hall–Kier alpha value is -2.42. The molecule has 98 valence electrons. The zero-order chi connectivity index (χ0) is 13.9. The molecule has 0 fully saturated rings. The zero-order valence-electron chi connectivity index (χ0n) is 9.66. The molecular formula is C13H9F3N2O. The van der Waals surface area contributed by atoms with E-state index < -0.39 is 11.7 Å². The van der Waals surface area contributed by atoms with Crippen LogP contribution in [0.25, 0.3) is 0 Å². The zero-order valence-corrected chi connectivity index (χ0v) is 9.66. The van der Waals surface area contributed by atoms with Gasteiger partial charge in [0.2, 0.25) is 0 Å². The molecule has 3 nitrogen and oxygen atoms in total. The number of furan rings is 1. The van der Waals surface area contributed by atoms with E-state index in [9.17, 15) is 13.2 Å². The molecule has 1 N–H and O–H groups in total. The first-order valence-corrected chi connectivity index (χ1v) is 5.37. The Morgan fingerprint density at radius 2 is 2.05 bits per heavy atom. The van der Waals surface area contributed by atoms with Crippen molar-refractivity contribution in [3.63, 3.8) is 0 Å². The van der Waals surface area contributed by atoms with E-state index in [0.29, 0.717) is 0 Å². The van der Waals surface area contributed by atoms with Crippen LogP contribution in [0.3, 0.4) is 0 Å². The molecule has 1 aromatic heterocycles. The molecule has 1 heterocycles. The van der Waals surface area contributed by atoms with Gasteiger partial charge < -0.3 is 9.73 Å². The van der Waals surface area contributed by atoms with Crippen molar-refractivity contribution in [3.05, 3.63) is 53.5 Å². The van der Waals surface area contributed by atoms with Gasteiger partial charge in [-0.25, -0.2) is 0 Å². The van der Waals surface area contributed by atoms with Crippen LogP contribution in [0.5, 0.6) is 0 Å². The van der Waals surface area contributed by atoms with Gasteiger partial charge in [-0.15, -0.1) is 0 Å². The van der Waals surface area contributed by atoms with E-state index in [1.54, 1.807) is 12.1 Å². The van der Waals surface area contributed by atoms with Gasteiger partial charge in [0.15, 0.2) is 0 Å². The standard InChI is InChI=1S/C13H9F3N2O/c14-13(15,16)11-5-9(6-17)1-2-12(11)18-7-10-3-4-19-8-10/h1-5,8,18H,7H2. The van der Waals surface area contributed by atoms with Crippen molar-refractivity contribution in [1.82, 2.24) is 0 Å². The summed E-state index contributed by atoms with van der Waals surface area (Å²) in [5.41, 5.74) is -0.207. The van der Waals surface area contributed by atoms with E-state index in [2.05, 4.69) is 5.32 Å². The Morgan fingerprint density at radius 1 is 1.26 bits per heavy atom. The SMILES string of the molecule is N#Cc1ccc(NCc2ccoc2)c(C(F)(F)F)c1. The van der Waals surface area contributed by atoms with Crippen LogP contribution in [0.15, 0.2) is 41.2 Å². The lowest BCUT2D eigenvalue weighted by atomic mass is 10.1. The highest BCUT2D eigenvalue weighted by atomic mass is 19.4. The summed E-state index contributed by atoms with van der Waals surface area (Å²) in [5, 5.41) is 11.3. The minimum absolute atomic E-state index is 0.0267. The first-order chi connectivity index (χ1) is 9.00. The van der Waals surface area contributed by atoms with Crippen molar-refractivity contribution in [1.29, 1.82) is 5.26 Å². The van der Waals surface area contributed by atoms with Crippen molar-refractivity contribution >= 4 is 5.69 Å². The van der Waals surface area contributed by atoms with Crippen molar-refractivity contribution in [2.24, 2.45) is 0 Å².